The van der Waals surface area contributed by atoms with Crippen LogP contribution in [0.3, 0.4) is 0 Å². The van der Waals surface area contributed by atoms with E-state index in [2.05, 4.69) is 14.8 Å². The van der Waals surface area contributed by atoms with E-state index in [4.69, 9.17) is 4.74 Å². The van der Waals surface area contributed by atoms with E-state index in [0.717, 1.165) is 56.7 Å². The van der Waals surface area contributed by atoms with Crippen LogP contribution in [0.15, 0.2) is 18.2 Å². The summed E-state index contributed by atoms with van der Waals surface area (Å²) in [7, 11) is 1.64. The summed E-state index contributed by atoms with van der Waals surface area (Å²) in [6.07, 6.45) is 7.24. The number of pyridine rings is 1. The van der Waals surface area contributed by atoms with Gasteiger partial charge in [-0.3, -0.25) is 4.79 Å². The SMILES string of the molecule is COc1cccc(N2CCC(C(=O)N3CC4CCCCC4C3)CC2)n1. The van der Waals surface area contributed by atoms with Crippen LogP contribution in [0.2, 0.25) is 0 Å². The molecule has 0 bridgehead atoms. The molecule has 1 aromatic rings. The van der Waals surface area contributed by atoms with E-state index in [0.29, 0.717) is 11.8 Å². The number of anilines is 1. The van der Waals surface area contributed by atoms with Crippen molar-refractivity contribution < 1.29 is 9.53 Å². The van der Waals surface area contributed by atoms with Crippen molar-refractivity contribution in [2.24, 2.45) is 17.8 Å². The Balaban J connectivity index is 1.33. The van der Waals surface area contributed by atoms with E-state index in [1.54, 1.807) is 7.11 Å². The van der Waals surface area contributed by atoms with Crippen molar-refractivity contribution >= 4 is 11.7 Å². The Bertz CT molecular complexity index is 599. The van der Waals surface area contributed by atoms with Gasteiger partial charge in [-0.25, -0.2) is 0 Å². The van der Waals surface area contributed by atoms with Crippen LogP contribution < -0.4 is 9.64 Å². The zero-order chi connectivity index (χ0) is 17.2. The van der Waals surface area contributed by atoms with Gasteiger partial charge in [0.1, 0.15) is 5.82 Å². The van der Waals surface area contributed by atoms with E-state index in [-0.39, 0.29) is 5.92 Å². The molecule has 5 heteroatoms. The van der Waals surface area contributed by atoms with Crippen LogP contribution in [0, 0.1) is 17.8 Å². The number of rotatable bonds is 3. The van der Waals surface area contributed by atoms with Crippen LogP contribution in [0.5, 0.6) is 5.88 Å². The van der Waals surface area contributed by atoms with Gasteiger partial charge in [0.2, 0.25) is 11.8 Å². The Hall–Kier alpha value is -1.78. The molecule has 25 heavy (non-hydrogen) atoms. The molecule has 0 N–H and O–H groups in total. The summed E-state index contributed by atoms with van der Waals surface area (Å²) in [5, 5.41) is 0. The van der Waals surface area contributed by atoms with Crippen molar-refractivity contribution in [2.75, 3.05) is 38.2 Å². The van der Waals surface area contributed by atoms with Crippen molar-refractivity contribution in [1.82, 2.24) is 9.88 Å². The second kappa shape index (κ2) is 7.22. The highest BCUT2D eigenvalue weighted by molar-refractivity contribution is 5.79. The van der Waals surface area contributed by atoms with Crippen molar-refractivity contribution in [2.45, 2.75) is 38.5 Å². The lowest BCUT2D eigenvalue weighted by atomic mass is 9.82. The normalized spacial score (nSPS) is 27.2. The minimum Gasteiger partial charge on any atom is -0.481 e. The van der Waals surface area contributed by atoms with Gasteiger partial charge in [-0.2, -0.15) is 4.98 Å². The van der Waals surface area contributed by atoms with Crippen molar-refractivity contribution in [3.05, 3.63) is 18.2 Å². The Morgan fingerprint density at radius 3 is 2.40 bits per heavy atom. The molecule has 5 nitrogen and oxygen atoms in total. The lowest BCUT2D eigenvalue weighted by Crippen LogP contribution is -2.42. The molecule has 2 atom stereocenters. The van der Waals surface area contributed by atoms with Crippen molar-refractivity contribution in [1.29, 1.82) is 0 Å². The fraction of sp³-hybridized carbons (Fsp3) is 0.700. The number of hydrogen-bond donors (Lipinski definition) is 0. The predicted molar refractivity (Wildman–Crippen MR) is 97.8 cm³/mol. The number of methoxy groups -OCH3 is 1. The quantitative estimate of drug-likeness (QED) is 0.846. The van der Waals surface area contributed by atoms with Gasteiger partial charge < -0.3 is 14.5 Å². The van der Waals surface area contributed by atoms with E-state index < -0.39 is 0 Å². The van der Waals surface area contributed by atoms with Crippen LogP contribution in [0.4, 0.5) is 5.82 Å². The van der Waals surface area contributed by atoms with Crippen LogP contribution in [-0.2, 0) is 4.79 Å². The van der Waals surface area contributed by atoms with Gasteiger partial charge in [0.15, 0.2) is 0 Å². The first-order chi connectivity index (χ1) is 12.2. The number of piperidine rings is 1. The molecule has 1 aliphatic carbocycles. The molecule has 4 rings (SSSR count). The molecule has 0 spiro atoms. The lowest BCUT2D eigenvalue weighted by Gasteiger charge is -2.34. The molecule has 3 fully saturated rings. The molecule has 1 aromatic heterocycles. The second-order valence-corrected chi connectivity index (χ2v) is 7.85. The van der Waals surface area contributed by atoms with Crippen LogP contribution in [-0.4, -0.2) is 49.1 Å². The number of nitrogens with zero attached hydrogens (tertiary/aromatic N) is 3. The number of carbonyl (C=O) groups excluding carboxylic acids is 1. The van der Waals surface area contributed by atoms with Gasteiger partial charge in [-0.15, -0.1) is 0 Å². The van der Waals surface area contributed by atoms with Gasteiger partial charge >= 0.3 is 0 Å². The van der Waals surface area contributed by atoms with Crippen LogP contribution >= 0.6 is 0 Å². The summed E-state index contributed by atoms with van der Waals surface area (Å²) < 4.78 is 5.22. The monoisotopic (exact) mass is 343 g/mol. The standard InChI is InChI=1S/C20H29N3O2/c1-25-19-8-4-7-18(21-19)22-11-9-15(10-12-22)20(24)23-13-16-5-2-3-6-17(16)14-23/h4,7-8,15-17H,2-3,5-6,9-14H2,1H3. The van der Waals surface area contributed by atoms with Crippen LogP contribution in [0.25, 0.3) is 0 Å². The number of fused-ring (bicyclic) bond motifs is 1. The maximum Gasteiger partial charge on any atom is 0.225 e. The zero-order valence-electron chi connectivity index (χ0n) is 15.2. The molecular formula is C20H29N3O2. The summed E-state index contributed by atoms with van der Waals surface area (Å²) in [5.41, 5.74) is 0. The number of amides is 1. The first kappa shape index (κ1) is 16.7. The number of likely N-dealkylation sites (tertiary alicyclic amines) is 1. The topological polar surface area (TPSA) is 45.7 Å². The highest BCUT2D eigenvalue weighted by atomic mass is 16.5. The maximum atomic E-state index is 13.0. The second-order valence-electron chi connectivity index (χ2n) is 7.85. The third kappa shape index (κ3) is 3.46. The molecular weight excluding hydrogens is 314 g/mol. The van der Waals surface area contributed by atoms with Gasteiger partial charge in [0.25, 0.3) is 0 Å². The summed E-state index contributed by atoms with van der Waals surface area (Å²) in [4.78, 5) is 21.9. The number of carbonyl (C=O) groups is 1. The minimum atomic E-state index is 0.196. The highest BCUT2D eigenvalue weighted by Crippen LogP contribution is 2.37. The fourth-order valence-electron chi connectivity index (χ4n) is 4.89. The van der Waals surface area contributed by atoms with Gasteiger partial charge in [-0.05, 0) is 43.6 Å². The maximum absolute atomic E-state index is 13.0. The Kier molecular flexibility index (Phi) is 4.82. The van der Waals surface area contributed by atoms with Crippen LogP contribution in [0.1, 0.15) is 38.5 Å². The Morgan fingerprint density at radius 1 is 1.08 bits per heavy atom. The predicted octanol–water partition coefficient (Wildman–Crippen LogP) is 2.96. The third-order valence-electron chi connectivity index (χ3n) is 6.37. The third-order valence-corrected chi connectivity index (χ3v) is 6.37. The van der Waals surface area contributed by atoms with E-state index in [1.165, 1.54) is 25.7 Å². The molecule has 2 saturated heterocycles. The average Bonchev–Trinajstić information content (AvgIpc) is 3.12. The van der Waals surface area contributed by atoms with Crippen molar-refractivity contribution in [3.63, 3.8) is 0 Å². The fourth-order valence-corrected chi connectivity index (χ4v) is 4.89. The molecule has 0 aromatic carbocycles. The number of ether oxygens (including phenoxy) is 1. The summed E-state index contributed by atoms with van der Waals surface area (Å²) in [6, 6.07) is 5.87. The van der Waals surface area contributed by atoms with E-state index in [1.807, 2.05) is 18.2 Å². The molecule has 2 aliphatic heterocycles. The first-order valence-corrected chi connectivity index (χ1v) is 9.79. The Morgan fingerprint density at radius 2 is 1.76 bits per heavy atom. The highest BCUT2D eigenvalue weighted by Gasteiger charge is 2.39. The molecule has 2 unspecified atom stereocenters. The molecule has 1 amide bonds. The molecule has 3 aliphatic rings. The first-order valence-electron chi connectivity index (χ1n) is 9.79. The number of aromatic nitrogens is 1. The molecule has 3 heterocycles. The number of hydrogen-bond acceptors (Lipinski definition) is 4. The summed E-state index contributed by atoms with van der Waals surface area (Å²) in [6.45, 7) is 3.83. The van der Waals surface area contributed by atoms with Gasteiger partial charge in [0.05, 0.1) is 7.11 Å². The van der Waals surface area contributed by atoms with E-state index in [9.17, 15) is 4.79 Å². The largest absolute Gasteiger partial charge is 0.481 e. The zero-order valence-corrected chi connectivity index (χ0v) is 15.2. The Labute approximate surface area is 150 Å². The van der Waals surface area contributed by atoms with Gasteiger partial charge in [0, 0.05) is 38.2 Å². The lowest BCUT2D eigenvalue weighted by molar-refractivity contribution is -0.135. The molecule has 0 radical (unpaired) electrons. The average molecular weight is 343 g/mol. The smallest absolute Gasteiger partial charge is 0.225 e. The van der Waals surface area contributed by atoms with Crippen molar-refractivity contribution in [3.8, 4) is 5.88 Å². The van der Waals surface area contributed by atoms with Gasteiger partial charge in [-0.1, -0.05) is 18.9 Å². The minimum absolute atomic E-state index is 0.196. The summed E-state index contributed by atoms with van der Waals surface area (Å²) >= 11 is 0. The summed E-state index contributed by atoms with van der Waals surface area (Å²) in [5.74, 6) is 3.76. The molecule has 136 valence electrons. The molecule has 1 saturated carbocycles. The van der Waals surface area contributed by atoms with E-state index >= 15 is 0 Å².